The summed E-state index contributed by atoms with van der Waals surface area (Å²) >= 11 is 1.30. The summed E-state index contributed by atoms with van der Waals surface area (Å²) in [5.74, 6) is 1.09. The molecule has 1 aromatic carbocycles. The summed E-state index contributed by atoms with van der Waals surface area (Å²) in [5, 5.41) is 6.08. The Hall–Kier alpha value is -1.44. The van der Waals surface area contributed by atoms with E-state index >= 15 is 0 Å². The zero-order chi connectivity index (χ0) is 17.6. The van der Waals surface area contributed by atoms with E-state index in [4.69, 9.17) is 4.74 Å². The van der Waals surface area contributed by atoms with Crippen LogP contribution in [0.2, 0.25) is 0 Å². The van der Waals surface area contributed by atoms with Gasteiger partial charge >= 0.3 is 6.09 Å². The molecule has 1 aromatic rings. The molecule has 0 unspecified atom stereocenters. The Morgan fingerprint density at radius 2 is 1.80 bits per heavy atom. The fourth-order valence-electron chi connectivity index (χ4n) is 2.18. The van der Waals surface area contributed by atoms with Gasteiger partial charge in [0.2, 0.25) is 0 Å². The van der Waals surface area contributed by atoms with Crippen LogP contribution in [-0.4, -0.2) is 48.0 Å². The van der Waals surface area contributed by atoms with Crippen LogP contribution in [0.4, 0.5) is 9.59 Å². The number of ether oxygens (including phenoxy) is 1. The molecule has 1 heterocycles. The van der Waals surface area contributed by atoms with Crippen molar-refractivity contribution in [3.8, 4) is 5.75 Å². The summed E-state index contributed by atoms with van der Waals surface area (Å²) in [4.78, 5) is 25.7. The smallest absolute Gasteiger partial charge is 0.410 e. The standard InChI is InChI=1S/C17H25N3O3S.ClH/c1-17(2,3)19-15(21)23-14-6-4-13(5-7-14)12-24-16(22)20-10-8-18-9-11-20;/h4-7,18H,8-12H2,1-3H3,(H,19,21);1H. The molecule has 0 aliphatic carbocycles. The Labute approximate surface area is 159 Å². The molecule has 1 fully saturated rings. The predicted octanol–water partition coefficient (Wildman–Crippen LogP) is 3.25. The van der Waals surface area contributed by atoms with E-state index in [9.17, 15) is 9.59 Å². The van der Waals surface area contributed by atoms with E-state index in [0.717, 1.165) is 31.7 Å². The summed E-state index contributed by atoms with van der Waals surface area (Å²) < 4.78 is 5.23. The largest absolute Gasteiger partial charge is 0.413 e. The fraction of sp³-hybridized carbons (Fsp3) is 0.529. The monoisotopic (exact) mass is 387 g/mol. The number of amides is 2. The third kappa shape index (κ3) is 7.98. The molecule has 0 saturated carbocycles. The van der Waals surface area contributed by atoms with Crippen LogP contribution in [0.25, 0.3) is 0 Å². The van der Waals surface area contributed by atoms with Gasteiger partial charge in [-0.15, -0.1) is 12.4 Å². The highest BCUT2D eigenvalue weighted by atomic mass is 35.5. The van der Waals surface area contributed by atoms with Gasteiger partial charge in [0.15, 0.2) is 0 Å². The van der Waals surface area contributed by atoms with Gasteiger partial charge in [-0.2, -0.15) is 0 Å². The third-order valence-corrected chi connectivity index (χ3v) is 4.33. The summed E-state index contributed by atoms with van der Waals surface area (Å²) in [6.45, 7) is 8.92. The minimum atomic E-state index is -0.474. The van der Waals surface area contributed by atoms with Crippen molar-refractivity contribution in [1.82, 2.24) is 15.5 Å². The minimum absolute atomic E-state index is 0. The maximum Gasteiger partial charge on any atom is 0.413 e. The molecule has 2 rings (SSSR count). The molecule has 0 spiro atoms. The fourth-order valence-corrected chi connectivity index (χ4v) is 3.02. The number of hydrogen-bond acceptors (Lipinski definition) is 5. The summed E-state index contributed by atoms with van der Waals surface area (Å²) in [6.07, 6.45) is -0.474. The highest BCUT2D eigenvalue weighted by Crippen LogP contribution is 2.19. The molecule has 0 atom stereocenters. The normalized spacial score (nSPS) is 14.4. The SMILES string of the molecule is CC(C)(C)NC(=O)Oc1ccc(CSC(=O)N2CCNCC2)cc1.Cl. The van der Waals surface area contributed by atoms with Crippen molar-refractivity contribution >= 4 is 35.5 Å². The van der Waals surface area contributed by atoms with Crippen molar-refractivity contribution < 1.29 is 14.3 Å². The lowest BCUT2D eigenvalue weighted by Crippen LogP contribution is -2.45. The topological polar surface area (TPSA) is 70.7 Å². The maximum atomic E-state index is 12.1. The highest BCUT2D eigenvalue weighted by Gasteiger charge is 2.17. The molecule has 1 aliphatic heterocycles. The number of halogens is 1. The second-order valence-corrected chi connectivity index (χ2v) is 7.63. The van der Waals surface area contributed by atoms with E-state index in [-0.39, 0.29) is 23.2 Å². The van der Waals surface area contributed by atoms with Crippen LogP contribution in [0, 0.1) is 0 Å². The van der Waals surface area contributed by atoms with E-state index in [2.05, 4.69) is 10.6 Å². The van der Waals surface area contributed by atoms with E-state index in [1.54, 1.807) is 12.1 Å². The van der Waals surface area contributed by atoms with Gasteiger partial charge in [-0.05, 0) is 38.5 Å². The number of hydrogen-bond donors (Lipinski definition) is 2. The van der Waals surface area contributed by atoms with E-state index < -0.39 is 6.09 Å². The first-order valence-corrected chi connectivity index (χ1v) is 9.03. The molecule has 6 nitrogen and oxygen atoms in total. The second-order valence-electron chi connectivity index (χ2n) is 6.70. The van der Waals surface area contributed by atoms with Crippen molar-refractivity contribution in [3.63, 3.8) is 0 Å². The summed E-state index contributed by atoms with van der Waals surface area (Å²) in [7, 11) is 0. The minimum Gasteiger partial charge on any atom is -0.410 e. The van der Waals surface area contributed by atoms with Crippen molar-refractivity contribution in [2.75, 3.05) is 26.2 Å². The van der Waals surface area contributed by atoms with Gasteiger partial charge in [0.05, 0.1) is 0 Å². The Bertz CT molecular complexity index is 569. The molecule has 2 amide bonds. The lowest BCUT2D eigenvalue weighted by Gasteiger charge is -2.26. The van der Waals surface area contributed by atoms with Gasteiger partial charge in [-0.3, -0.25) is 4.79 Å². The van der Waals surface area contributed by atoms with Gasteiger partial charge in [0, 0.05) is 37.5 Å². The lowest BCUT2D eigenvalue weighted by molar-refractivity contribution is 0.190. The van der Waals surface area contributed by atoms with Gasteiger partial charge < -0.3 is 20.3 Å². The molecule has 2 N–H and O–H groups in total. The number of nitrogens with one attached hydrogen (secondary N) is 2. The number of benzene rings is 1. The van der Waals surface area contributed by atoms with Crippen LogP contribution in [-0.2, 0) is 5.75 Å². The van der Waals surface area contributed by atoms with Gasteiger partial charge in [-0.1, -0.05) is 23.9 Å². The van der Waals surface area contributed by atoms with Crippen molar-refractivity contribution in [1.29, 1.82) is 0 Å². The molecule has 25 heavy (non-hydrogen) atoms. The first-order valence-electron chi connectivity index (χ1n) is 8.05. The molecular weight excluding hydrogens is 362 g/mol. The Kier molecular flexibility index (Phi) is 8.55. The van der Waals surface area contributed by atoms with Gasteiger partial charge in [0.25, 0.3) is 5.24 Å². The zero-order valence-electron chi connectivity index (χ0n) is 14.8. The highest BCUT2D eigenvalue weighted by molar-refractivity contribution is 8.12. The molecule has 0 radical (unpaired) electrons. The lowest BCUT2D eigenvalue weighted by atomic mass is 10.1. The number of carbonyl (C=O) groups is 2. The van der Waals surface area contributed by atoms with Crippen LogP contribution in [0.15, 0.2) is 24.3 Å². The molecule has 1 saturated heterocycles. The van der Waals surface area contributed by atoms with Gasteiger partial charge in [0.1, 0.15) is 5.75 Å². The van der Waals surface area contributed by atoms with Gasteiger partial charge in [-0.25, -0.2) is 4.79 Å². The maximum absolute atomic E-state index is 12.1. The van der Waals surface area contributed by atoms with Crippen LogP contribution >= 0.6 is 24.2 Å². The number of rotatable bonds is 3. The Balaban J connectivity index is 0.00000312. The van der Waals surface area contributed by atoms with Crippen molar-refractivity contribution in [2.24, 2.45) is 0 Å². The van der Waals surface area contributed by atoms with E-state index in [1.165, 1.54) is 11.8 Å². The van der Waals surface area contributed by atoms with Crippen molar-refractivity contribution in [2.45, 2.75) is 32.1 Å². The van der Waals surface area contributed by atoms with Crippen molar-refractivity contribution in [3.05, 3.63) is 29.8 Å². The third-order valence-electron chi connectivity index (χ3n) is 3.35. The summed E-state index contributed by atoms with van der Waals surface area (Å²) in [5.41, 5.74) is 0.685. The molecular formula is C17H26ClN3O3S. The quantitative estimate of drug-likeness (QED) is 0.833. The number of piperazine rings is 1. The average molecular weight is 388 g/mol. The van der Waals surface area contributed by atoms with Crippen LogP contribution in [0.1, 0.15) is 26.3 Å². The predicted molar refractivity (Wildman–Crippen MR) is 104 cm³/mol. The second kappa shape index (κ2) is 9.89. The Morgan fingerprint density at radius 3 is 2.36 bits per heavy atom. The first kappa shape index (κ1) is 21.6. The first-order chi connectivity index (χ1) is 11.3. The Morgan fingerprint density at radius 1 is 1.20 bits per heavy atom. The van der Waals surface area contributed by atoms with Crippen LogP contribution in [0.3, 0.4) is 0 Å². The summed E-state index contributed by atoms with van der Waals surface area (Å²) in [6, 6.07) is 7.23. The molecule has 0 bridgehead atoms. The van der Waals surface area contributed by atoms with Crippen LogP contribution in [0.5, 0.6) is 5.75 Å². The number of carbonyl (C=O) groups excluding carboxylic acids is 2. The molecule has 140 valence electrons. The molecule has 8 heteroatoms. The number of nitrogens with zero attached hydrogens (tertiary/aromatic N) is 1. The average Bonchev–Trinajstić information content (AvgIpc) is 2.53. The van der Waals surface area contributed by atoms with Crippen LogP contribution < -0.4 is 15.4 Å². The van der Waals surface area contributed by atoms with E-state index in [1.807, 2.05) is 37.8 Å². The molecule has 0 aromatic heterocycles. The van der Waals surface area contributed by atoms with E-state index in [0.29, 0.717) is 11.5 Å². The zero-order valence-corrected chi connectivity index (χ0v) is 16.5. The number of thioether (sulfide) groups is 1. The molecule has 1 aliphatic rings.